The molecule has 1 aromatic carbocycles. The Morgan fingerprint density at radius 2 is 1.90 bits per heavy atom. The first kappa shape index (κ1) is 14.7. The van der Waals surface area contributed by atoms with E-state index in [1.165, 1.54) is 0 Å². The first-order chi connectivity index (χ1) is 9.79. The zero-order valence-corrected chi connectivity index (χ0v) is 11.1. The van der Waals surface area contributed by atoms with E-state index in [0.717, 1.165) is 17.0 Å². The number of nitrogens with zero attached hydrogens (tertiary/aromatic N) is 2. The van der Waals surface area contributed by atoms with Crippen molar-refractivity contribution in [1.82, 2.24) is 5.32 Å². The van der Waals surface area contributed by atoms with Crippen LogP contribution >= 0.6 is 11.6 Å². The number of hydrogen-bond acceptors (Lipinski definition) is 6. The van der Waals surface area contributed by atoms with Crippen molar-refractivity contribution in [3.05, 3.63) is 32.8 Å². The van der Waals surface area contributed by atoms with Crippen LogP contribution in [-0.4, -0.2) is 40.9 Å². The molecule has 0 radical (unpaired) electrons. The quantitative estimate of drug-likeness (QED) is 0.469. The Balaban J connectivity index is 2.56. The number of non-ortho nitro benzene ring substituents is 1. The molecule has 0 aromatic heterocycles. The molecule has 1 saturated heterocycles. The SMILES string of the molecule is O=C1CN(c2c(Cl)cc([N+](=O)[O-])cc2C(=O)O)CC(=O)N1. The number of halogens is 1. The van der Waals surface area contributed by atoms with Crippen LogP contribution in [0.4, 0.5) is 11.4 Å². The minimum absolute atomic E-state index is 0.0991. The molecule has 10 heteroatoms. The number of imide groups is 1. The lowest BCUT2D eigenvalue weighted by atomic mass is 10.1. The first-order valence-corrected chi connectivity index (χ1v) is 5.96. The second-order valence-corrected chi connectivity index (χ2v) is 4.62. The predicted molar refractivity (Wildman–Crippen MR) is 70.4 cm³/mol. The third kappa shape index (κ3) is 2.92. The number of nitro groups is 1. The Morgan fingerprint density at radius 1 is 1.33 bits per heavy atom. The monoisotopic (exact) mass is 313 g/mol. The Labute approximate surface area is 122 Å². The number of amides is 2. The summed E-state index contributed by atoms with van der Waals surface area (Å²) in [4.78, 5) is 45.1. The van der Waals surface area contributed by atoms with Gasteiger partial charge in [0.25, 0.3) is 5.69 Å². The van der Waals surface area contributed by atoms with Gasteiger partial charge in [0.1, 0.15) is 0 Å². The Morgan fingerprint density at radius 3 is 2.38 bits per heavy atom. The van der Waals surface area contributed by atoms with Gasteiger partial charge in [-0.2, -0.15) is 0 Å². The molecule has 0 unspecified atom stereocenters. The number of carbonyl (C=O) groups excluding carboxylic acids is 2. The van der Waals surface area contributed by atoms with Gasteiger partial charge in [0, 0.05) is 12.1 Å². The number of rotatable bonds is 3. The van der Waals surface area contributed by atoms with Crippen LogP contribution in [0.15, 0.2) is 12.1 Å². The molecule has 1 aliphatic rings. The Kier molecular flexibility index (Phi) is 3.76. The second-order valence-electron chi connectivity index (χ2n) is 4.21. The summed E-state index contributed by atoms with van der Waals surface area (Å²) in [6, 6.07) is 1.81. The van der Waals surface area contributed by atoms with Gasteiger partial charge in [-0.1, -0.05) is 11.6 Å². The molecule has 2 amide bonds. The van der Waals surface area contributed by atoms with E-state index < -0.39 is 34.0 Å². The summed E-state index contributed by atoms with van der Waals surface area (Å²) < 4.78 is 0. The highest BCUT2D eigenvalue weighted by Crippen LogP contribution is 2.34. The summed E-state index contributed by atoms with van der Waals surface area (Å²) in [5.41, 5.74) is -1.04. The molecule has 0 aliphatic carbocycles. The van der Waals surface area contributed by atoms with Crippen molar-refractivity contribution < 1.29 is 24.4 Å². The van der Waals surface area contributed by atoms with Gasteiger partial charge in [-0.3, -0.25) is 25.0 Å². The van der Waals surface area contributed by atoms with E-state index >= 15 is 0 Å². The topological polar surface area (TPSA) is 130 Å². The normalized spacial score (nSPS) is 14.8. The fourth-order valence-corrected chi connectivity index (χ4v) is 2.30. The van der Waals surface area contributed by atoms with Gasteiger partial charge in [-0.15, -0.1) is 0 Å². The molecule has 1 aromatic rings. The standard InChI is InChI=1S/C11H8ClN3O6/c12-7-2-5(15(20)21)1-6(11(18)19)10(7)14-3-8(16)13-9(17)4-14/h1-2H,3-4H2,(H,18,19)(H,13,16,17). The number of anilines is 1. The van der Waals surface area contributed by atoms with Gasteiger partial charge in [0.2, 0.25) is 11.8 Å². The highest BCUT2D eigenvalue weighted by atomic mass is 35.5. The lowest BCUT2D eigenvalue weighted by molar-refractivity contribution is -0.384. The summed E-state index contributed by atoms with van der Waals surface area (Å²) >= 11 is 5.90. The van der Waals surface area contributed by atoms with Crippen LogP contribution in [0.3, 0.4) is 0 Å². The molecule has 2 N–H and O–H groups in total. The van der Waals surface area contributed by atoms with Crippen molar-refractivity contribution in [2.24, 2.45) is 0 Å². The van der Waals surface area contributed by atoms with Crippen molar-refractivity contribution in [3.8, 4) is 0 Å². The van der Waals surface area contributed by atoms with Crippen LogP contribution in [-0.2, 0) is 9.59 Å². The molecule has 1 aliphatic heterocycles. The van der Waals surface area contributed by atoms with Gasteiger partial charge < -0.3 is 10.0 Å². The Bertz CT molecular complexity index is 658. The fourth-order valence-electron chi connectivity index (χ4n) is 1.97. The third-order valence-electron chi connectivity index (χ3n) is 2.75. The summed E-state index contributed by atoms with van der Waals surface area (Å²) in [6.07, 6.45) is 0. The van der Waals surface area contributed by atoms with Gasteiger partial charge in [0.05, 0.1) is 34.3 Å². The van der Waals surface area contributed by atoms with E-state index in [0.29, 0.717) is 0 Å². The van der Waals surface area contributed by atoms with Crippen LogP contribution in [0.1, 0.15) is 10.4 Å². The average molecular weight is 314 g/mol. The molecule has 1 heterocycles. The van der Waals surface area contributed by atoms with Gasteiger partial charge in [0.15, 0.2) is 0 Å². The number of carboxylic acid groups (broad SMARTS) is 1. The minimum Gasteiger partial charge on any atom is -0.478 e. The molecule has 0 spiro atoms. The number of piperazine rings is 1. The molecule has 21 heavy (non-hydrogen) atoms. The maximum absolute atomic E-state index is 11.4. The van der Waals surface area contributed by atoms with Crippen molar-refractivity contribution in [1.29, 1.82) is 0 Å². The lowest BCUT2D eigenvalue weighted by Crippen LogP contribution is -2.52. The number of nitro benzene ring substituents is 1. The van der Waals surface area contributed by atoms with E-state index in [2.05, 4.69) is 5.32 Å². The molecule has 1 fully saturated rings. The minimum atomic E-state index is -1.45. The zero-order chi connectivity index (χ0) is 15.7. The average Bonchev–Trinajstić information content (AvgIpc) is 2.36. The number of carboxylic acids is 1. The Hall–Kier alpha value is -2.68. The molecule has 110 valence electrons. The zero-order valence-electron chi connectivity index (χ0n) is 10.3. The predicted octanol–water partition coefficient (Wildman–Crippen LogP) is 0.409. The fraction of sp³-hybridized carbons (Fsp3) is 0.182. The maximum Gasteiger partial charge on any atom is 0.338 e. The largest absolute Gasteiger partial charge is 0.478 e. The number of benzene rings is 1. The van der Waals surface area contributed by atoms with Crippen molar-refractivity contribution >= 4 is 40.8 Å². The molecule has 9 nitrogen and oxygen atoms in total. The summed E-state index contributed by atoms with van der Waals surface area (Å²) in [6.45, 7) is -0.549. The van der Waals surface area contributed by atoms with Gasteiger partial charge in [-0.25, -0.2) is 4.79 Å². The highest BCUT2D eigenvalue weighted by molar-refractivity contribution is 6.34. The lowest BCUT2D eigenvalue weighted by Gasteiger charge is -2.29. The first-order valence-electron chi connectivity index (χ1n) is 5.58. The van der Waals surface area contributed by atoms with Gasteiger partial charge in [-0.05, 0) is 0 Å². The van der Waals surface area contributed by atoms with Crippen LogP contribution in [0.5, 0.6) is 0 Å². The molecular formula is C11H8ClN3O6. The van der Waals surface area contributed by atoms with Crippen molar-refractivity contribution in [3.63, 3.8) is 0 Å². The van der Waals surface area contributed by atoms with E-state index in [1.54, 1.807) is 0 Å². The van der Waals surface area contributed by atoms with Crippen molar-refractivity contribution in [2.45, 2.75) is 0 Å². The van der Waals surface area contributed by atoms with Crippen LogP contribution < -0.4 is 10.2 Å². The third-order valence-corrected chi connectivity index (χ3v) is 3.04. The smallest absolute Gasteiger partial charge is 0.338 e. The van der Waals surface area contributed by atoms with Crippen LogP contribution in [0, 0.1) is 10.1 Å². The van der Waals surface area contributed by atoms with Crippen LogP contribution in [0.2, 0.25) is 5.02 Å². The number of nitrogens with one attached hydrogen (secondary N) is 1. The molecule has 0 bridgehead atoms. The molecular weight excluding hydrogens is 306 g/mol. The van der Waals surface area contributed by atoms with Gasteiger partial charge >= 0.3 is 5.97 Å². The van der Waals surface area contributed by atoms with E-state index in [1.807, 2.05) is 0 Å². The highest BCUT2D eigenvalue weighted by Gasteiger charge is 2.29. The van der Waals surface area contributed by atoms with Crippen LogP contribution in [0.25, 0.3) is 0 Å². The number of aromatic carboxylic acids is 1. The summed E-state index contributed by atoms with van der Waals surface area (Å²) in [5.74, 6) is -2.68. The van der Waals surface area contributed by atoms with E-state index in [9.17, 15) is 24.5 Å². The number of hydrogen-bond donors (Lipinski definition) is 2. The van der Waals surface area contributed by atoms with Crippen molar-refractivity contribution in [2.75, 3.05) is 18.0 Å². The summed E-state index contributed by atoms with van der Waals surface area (Å²) in [5, 5.41) is 21.7. The maximum atomic E-state index is 11.4. The van der Waals surface area contributed by atoms with E-state index in [-0.39, 0.29) is 23.8 Å². The second kappa shape index (κ2) is 5.37. The molecule has 2 rings (SSSR count). The molecule has 0 saturated carbocycles. The molecule has 0 atom stereocenters. The summed E-state index contributed by atoms with van der Waals surface area (Å²) in [7, 11) is 0. The van der Waals surface area contributed by atoms with E-state index in [4.69, 9.17) is 16.7 Å². The number of carbonyl (C=O) groups is 3.